The van der Waals surface area contributed by atoms with Crippen LogP contribution in [0.5, 0.6) is 5.88 Å². The van der Waals surface area contributed by atoms with Crippen LogP contribution in [0.25, 0.3) is 0 Å². The van der Waals surface area contributed by atoms with Gasteiger partial charge in [-0.25, -0.2) is 9.78 Å². The summed E-state index contributed by atoms with van der Waals surface area (Å²) >= 11 is 0. The number of aliphatic carboxylic acids is 1. The molecule has 1 saturated carbocycles. The average Bonchev–Trinajstić information content (AvgIpc) is 2.55. The van der Waals surface area contributed by atoms with Crippen molar-refractivity contribution in [3.8, 4) is 5.88 Å². The molecule has 0 unspecified atom stereocenters. The average molecular weight is 366 g/mol. The van der Waals surface area contributed by atoms with Gasteiger partial charge >= 0.3 is 12.0 Å². The Labute approximate surface area is 152 Å². The van der Waals surface area contributed by atoms with Crippen molar-refractivity contribution in [2.45, 2.75) is 31.8 Å². The molecule has 3 N–H and O–H groups in total. The molecular formula is C16H26N6O4. The molecule has 1 aromatic rings. The molecule has 0 spiro atoms. The van der Waals surface area contributed by atoms with Crippen molar-refractivity contribution < 1.29 is 19.4 Å². The highest BCUT2D eigenvalue weighted by Crippen LogP contribution is 2.30. The number of aromatic nitrogens is 2. The van der Waals surface area contributed by atoms with Crippen molar-refractivity contribution in [1.29, 1.82) is 0 Å². The fourth-order valence-electron chi connectivity index (χ4n) is 2.98. The van der Waals surface area contributed by atoms with Crippen LogP contribution < -0.4 is 20.3 Å². The Kier molecular flexibility index (Phi) is 6.56. The summed E-state index contributed by atoms with van der Waals surface area (Å²) < 4.78 is 5.20. The normalized spacial score (nSPS) is 18.8. The minimum atomic E-state index is -0.839. The Balaban J connectivity index is 1.92. The number of methoxy groups -OCH3 is 1. The van der Waals surface area contributed by atoms with Gasteiger partial charge in [-0.1, -0.05) is 6.92 Å². The van der Waals surface area contributed by atoms with Crippen molar-refractivity contribution in [1.82, 2.24) is 20.2 Å². The number of anilines is 2. The van der Waals surface area contributed by atoms with Crippen molar-refractivity contribution in [3.05, 3.63) is 6.33 Å². The number of nitrogens with zero attached hydrogens (tertiary/aromatic N) is 4. The Morgan fingerprint density at radius 2 is 2.04 bits per heavy atom. The number of carbonyl (C=O) groups is 2. The molecule has 1 aromatic heterocycles. The fraction of sp³-hybridized carbons (Fsp3) is 0.625. The van der Waals surface area contributed by atoms with Gasteiger partial charge in [0.25, 0.3) is 0 Å². The maximum absolute atomic E-state index is 12.3. The number of hydrogen-bond donors (Lipinski definition) is 3. The first-order chi connectivity index (χ1) is 12.3. The van der Waals surface area contributed by atoms with Gasteiger partial charge in [-0.2, -0.15) is 4.98 Å². The molecule has 26 heavy (non-hydrogen) atoms. The molecule has 1 aliphatic carbocycles. The first-order valence-corrected chi connectivity index (χ1v) is 8.45. The Morgan fingerprint density at radius 1 is 1.35 bits per heavy atom. The molecule has 1 fully saturated rings. The van der Waals surface area contributed by atoms with E-state index in [0.29, 0.717) is 18.1 Å². The second-order valence-electron chi connectivity index (χ2n) is 6.35. The number of nitrogens with one attached hydrogen (secondary N) is 2. The number of rotatable bonds is 8. The lowest BCUT2D eigenvalue weighted by Gasteiger charge is -2.42. The molecule has 2 rings (SSSR count). The molecule has 0 aliphatic heterocycles. The van der Waals surface area contributed by atoms with Crippen molar-refractivity contribution in [2.24, 2.45) is 0 Å². The van der Waals surface area contributed by atoms with Gasteiger partial charge in [-0.05, 0) is 19.4 Å². The number of ether oxygens (including phenoxy) is 1. The second kappa shape index (κ2) is 8.65. The lowest BCUT2D eigenvalue weighted by Crippen LogP contribution is -2.55. The zero-order valence-corrected chi connectivity index (χ0v) is 15.5. The van der Waals surface area contributed by atoms with Gasteiger partial charge in [0.05, 0.1) is 13.7 Å². The van der Waals surface area contributed by atoms with Crippen LogP contribution >= 0.6 is 0 Å². The molecule has 2 amide bonds. The highest BCUT2D eigenvalue weighted by atomic mass is 16.5. The standard InChI is InChI=1S/C16H26N6O4/c1-5-22(8-12(23)24)11-6-10(7-11)19-16(25)20-13-14(21(2)3)17-9-18-15(13)26-4/h9-11H,5-8H2,1-4H3,(H,23,24)(H2,19,20,25). The van der Waals surface area contributed by atoms with Crippen LogP contribution in [0.3, 0.4) is 0 Å². The second-order valence-corrected chi connectivity index (χ2v) is 6.35. The third kappa shape index (κ3) is 4.72. The number of carboxylic acids is 1. The van der Waals surface area contributed by atoms with Crippen LogP contribution in [-0.4, -0.2) is 78.4 Å². The highest BCUT2D eigenvalue weighted by Gasteiger charge is 2.34. The minimum absolute atomic E-state index is 0.00118. The van der Waals surface area contributed by atoms with E-state index >= 15 is 0 Å². The van der Waals surface area contributed by atoms with E-state index in [1.165, 1.54) is 13.4 Å². The third-order valence-corrected chi connectivity index (χ3v) is 4.36. The summed E-state index contributed by atoms with van der Waals surface area (Å²) in [7, 11) is 5.09. The molecule has 10 nitrogen and oxygen atoms in total. The lowest BCUT2D eigenvalue weighted by molar-refractivity contribution is -0.139. The third-order valence-electron chi connectivity index (χ3n) is 4.36. The molecule has 1 heterocycles. The van der Waals surface area contributed by atoms with E-state index in [2.05, 4.69) is 20.6 Å². The first-order valence-electron chi connectivity index (χ1n) is 8.45. The predicted octanol–water partition coefficient (Wildman–Crippen LogP) is 0.610. The maximum Gasteiger partial charge on any atom is 0.319 e. The van der Waals surface area contributed by atoms with E-state index in [0.717, 1.165) is 12.8 Å². The quantitative estimate of drug-likeness (QED) is 0.612. The summed E-state index contributed by atoms with van der Waals surface area (Å²) in [5, 5.41) is 14.6. The molecule has 10 heteroatoms. The predicted molar refractivity (Wildman–Crippen MR) is 96.8 cm³/mol. The fourth-order valence-corrected chi connectivity index (χ4v) is 2.98. The zero-order valence-electron chi connectivity index (χ0n) is 15.5. The van der Waals surface area contributed by atoms with Gasteiger partial charge in [0.1, 0.15) is 12.0 Å². The Morgan fingerprint density at radius 3 is 2.58 bits per heavy atom. The van der Waals surface area contributed by atoms with E-state index in [1.54, 1.807) is 4.90 Å². The number of amides is 2. The molecule has 0 aromatic carbocycles. The van der Waals surface area contributed by atoms with Crippen LogP contribution in [0.4, 0.5) is 16.3 Å². The molecular weight excluding hydrogens is 340 g/mol. The largest absolute Gasteiger partial charge is 0.480 e. The van der Waals surface area contributed by atoms with Crippen LogP contribution in [0, 0.1) is 0 Å². The SMILES string of the molecule is CCN(CC(=O)O)C1CC(NC(=O)Nc2c(OC)ncnc2N(C)C)C1. The summed E-state index contributed by atoms with van der Waals surface area (Å²) in [4.78, 5) is 35.0. The van der Waals surface area contributed by atoms with Crippen LogP contribution in [0.1, 0.15) is 19.8 Å². The Bertz CT molecular complexity index is 648. The molecule has 1 aliphatic rings. The van der Waals surface area contributed by atoms with Crippen LogP contribution in [0.2, 0.25) is 0 Å². The number of carbonyl (C=O) groups excluding carboxylic acids is 1. The molecule has 0 saturated heterocycles. The summed E-state index contributed by atoms with van der Waals surface area (Å²) in [5.41, 5.74) is 0.398. The minimum Gasteiger partial charge on any atom is -0.480 e. The topological polar surface area (TPSA) is 120 Å². The lowest BCUT2D eigenvalue weighted by atomic mass is 9.85. The highest BCUT2D eigenvalue weighted by molar-refractivity contribution is 5.94. The Hall–Kier alpha value is -2.62. The molecule has 144 valence electrons. The van der Waals surface area contributed by atoms with Crippen LogP contribution in [-0.2, 0) is 4.79 Å². The van der Waals surface area contributed by atoms with Gasteiger partial charge in [0.15, 0.2) is 5.82 Å². The number of hydrogen-bond acceptors (Lipinski definition) is 7. The van der Waals surface area contributed by atoms with Gasteiger partial charge < -0.3 is 25.4 Å². The van der Waals surface area contributed by atoms with E-state index in [1.807, 2.05) is 25.9 Å². The first kappa shape index (κ1) is 19.7. The van der Waals surface area contributed by atoms with Gasteiger partial charge in [0, 0.05) is 26.2 Å². The number of urea groups is 1. The number of likely N-dealkylation sites (N-methyl/N-ethyl adjacent to an activating group) is 1. The summed E-state index contributed by atoms with van der Waals surface area (Å²) in [6.07, 6.45) is 2.81. The molecule has 0 atom stereocenters. The van der Waals surface area contributed by atoms with Crippen molar-refractivity contribution >= 4 is 23.5 Å². The molecule has 0 radical (unpaired) electrons. The van der Waals surface area contributed by atoms with Gasteiger partial charge in [0.2, 0.25) is 5.88 Å². The van der Waals surface area contributed by atoms with E-state index < -0.39 is 5.97 Å². The molecule has 0 bridgehead atoms. The zero-order chi connectivity index (χ0) is 19.3. The summed E-state index contributed by atoms with van der Waals surface area (Å²) in [6.45, 7) is 2.62. The van der Waals surface area contributed by atoms with Crippen molar-refractivity contribution in [2.75, 3.05) is 44.5 Å². The van der Waals surface area contributed by atoms with E-state index in [-0.39, 0.29) is 30.5 Å². The van der Waals surface area contributed by atoms with E-state index in [4.69, 9.17) is 9.84 Å². The van der Waals surface area contributed by atoms with Crippen LogP contribution in [0.15, 0.2) is 6.33 Å². The van der Waals surface area contributed by atoms with Gasteiger partial charge in [-0.15, -0.1) is 0 Å². The maximum atomic E-state index is 12.3. The van der Waals surface area contributed by atoms with E-state index in [9.17, 15) is 9.59 Å². The summed E-state index contributed by atoms with van der Waals surface area (Å²) in [5.74, 6) is -0.0190. The smallest absolute Gasteiger partial charge is 0.319 e. The number of carboxylic acid groups (broad SMARTS) is 1. The van der Waals surface area contributed by atoms with Gasteiger partial charge in [-0.3, -0.25) is 9.69 Å². The van der Waals surface area contributed by atoms with Crippen molar-refractivity contribution in [3.63, 3.8) is 0 Å². The monoisotopic (exact) mass is 366 g/mol. The summed E-state index contributed by atoms with van der Waals surface area (Å²) in [6, 6.07) is -0.194.